The summed E-state index contributed by atoms with van der Waals surface area (Å²) in [6.07, 6.45) is 3.70. The molecule has 0 saturated heterocycles. The number of aromatic nitrogens is 4. The van der Waals surface area contributed by atoms with Crippen molar-refractivity contribution in [3.05, 3.63) is 101 Å². The van der Waals surface area contributed by atoms with Gasteiger partial charge in [-0.1, -0.05) is 42.5 Å². The first-order valence-electron chi connectivity index (χ1n) is 10.9. The lowest BCUT2D eigenvalue weighted by molar-refractivity contribution is 0.0691. The summed E-state index contributed by atoms with van der Waals surface area (Å²) in [6.45, 7) is 0. The summed E-state index contributed by atoms with van der Waals surface area (Å²) in [5, 5.41) is 24.7. The molecule has 0 fully saturated rings. The van der Waals surface area contributed by atoms with E-state index in [1.54, 1.807) is 35.3 Å². The van der Waals surface area contributed by atoms with Gasteiger partial charge in [-0.2, -0.15) is 9.78 Å². The minimum atomic E-state index is -3.82. The highest BCUT2D eigenvalue weighted by Gasteiger charge is 2.23. The smallest absolute Gasteiger partial charge is 0.355 e. The van der Waals surface area contributed by atoms with Gasteiger partial charge in [0.05, 0.1) is 22.5 Å². The lowest BCUT2D eigenvalue weighted by Crippen LogP contribution is -2.11. The molecule has 12 heteroatoms. The summed E-state index contributed by atoms with van der Waals surface area (Å²) in [6, 6.07) is 19.5. The summed E-state index contributed by atoms with van der Waals surface area (Å²) in [4.78, 5) is 19.9. The summed E-state index contributed by atoms with van der Waals surface area (Å²) >= 11 is 1.16. The van der Waals surface area contributed by atoms with Crippen LogP contribution in [0.5, 0.6) is 0 Å². The molecule has 0 radical (unpaired) electrons. The molecule has 3 aromatic heterocycles. The molecule has 0 aliphatic carbocycles. The van der Waals surface area contributed by atoms with E-state index in [-0.39, 0.29) is 10.6 Å². The highest BCUT2D eigenvalue weighted by atomic mass is 32.2. The second kappa shape index (κ2) is 9.93. The van der Waals surface area contributed by atoms with Crippen LogP contribution in [-0.4, -0.2) is 39.2 Å². The average Bonchev–Trinajstić information content (AvgIpc) is 3.51. The number of pyridine rings is 1. The Morgan fingerprint density at radius 1 is 1.05 bits per heavy atom. The van der Waals surface area contributed by atoms with Crippen LogP contribution in [0.1, 0.15) is 21.6 Å². The number of hydrogen-bond acceptors (Lipinski definition) is 8. The molecule has 2 aromatic carbocycles. The fourth-order valence-corrected chi connectivity index (χ4v) is 5.02. The van der Waals surface area contributed by atoms with Gasteiger partial charge in [0.1, 0.15) is 5.82 Å². The van der Waals surface area contributed by atoms with Crippen LogP contribution >= 0.6 is 11.3 Å². The molecule has 0 aliphatic heterocycles. The summed E-state index contributed by atoms with van der Waals surface area (Å²) in [5.41, 5.74) is 3.75. The Morgan fingerprint density at radius 3 is 2.43 bits per heavy atom. The van der Waals surface area contributed by atoms with E-state index >= 15 is 0 Å². The number of benzene rings is 2. The van der Waals surface area contributed by atoms with E-state index in [9.17, 15) is 18.3 Å². The van der Waals surface area contributed by atoms with Crippen molar-refractivity contribution in [1.82, 2.24) is 19.7 Å². The molecule has 0 spiro atoms. The molecule has 10 nitrogen and oxygen atoms in total. The molecule has 0 bridgehead atoms. The standard InChI is InChI=1S/C25H20N6O4S2/c26-37(34,35)19-10-8-16(9-11-19)13-20-22(17-5-2-1-3-6-17)30-31(25-29-21(15-36-25)24(32)33)23(20)28-18-7-4-12-27-14-18/h1-12,14-15,28H,13H2,(H,32,33)(H2,26,34,35). The molecular formula is C25H20N6O4S2. The number of carbonyl (C=O) groups is 1. The average molecular weight is 533 g/mol. The fourth-order valence-electron chi connectivity index (χ4n) is 3.75. The second-order valence-corrected chi connectivity index (χ2v) is 10.4. The van der Waals surface area contributed by atoms with Crippen molar-refractivity contribution in [2.75, 3.05) is 5.32 Å². The number of anilines is 2. The van der Waals surface area contributed by atoms with Gasteiger partial charge < -0.3 is 10.4 Å². The Morgan fingerprint density at radius 2 is 1.81 bits per heavy atom. The van der Waals surface area contributed by atoms with Crippen molar-refractivity contribution in [1.29, 1.82) is 0 Å². The van der Waals surface area contributed by atoms with Crippen molar-refractivity contribution in [2.45, 2.75) is 11.3 Å². The molecule has 186 valence electrons. The molecular weight excluding hydrogens is 512 g/mol. The molecule has 4 N–H and O–H groups in total. The number of aromatic carboxylic acids is 1. The molecule has 0 amide bonds. The quantitative estimate of drug-likeness (QED) is 0.270. The number of nitrogens with one attached hydrogen (secondary N) is 1. The van der Waals surface area contributed by atoms with E-state index in [1.807, 2.05) is 36.4 Å². The van der Waals surface area contributed by atoms with E-state index in [1.165, 1.54) is 17.5 Å². The van der Waals surface area contributed by atoms with Gasteiger partial charge in [-0.05, 0) is 29.8 Å². The highest BCUT2D eigenvalue weighted by Crippen LogP contribution is 2.35. The maximum Gasteiger partial charge on any atom is 0.355 e. The molecule has 0 aliphatic rings. The largest absolute Gasteiger partial charge is 0.476 e. The van der Waals surface area contributed by atoms with Crippen LogP contribution in [-0.2, 0) is 16.4 Å². The Kier molecular flexibility index (Phi) is 6.53. The number of carboxylic acids is 1. The Balaban J connectivity index is 1.69. The van der Waals surface area contributed by atoms with Crippen molar-refractivity contribution in [3.63, 3.8) is 0 Å². The zero-order valence-corrected chi connectivity index (χ0v) is 20.8. The van der Waals surface area contributed by atoms with E-state index in [0.29, 0.717) is 28.8 Å². The monoisotopic (exact) mass is 532 g/mol. The topological polar surface area (TPSA) is 153 Å². The van der Waals surface area contributed by atoms with Gasteiger partial charge in [0.15, 0.2) is 5.69 Å². The van der Waals surface area contributed by atoms with Crippen molar-refractivity contribution in [2.24, 2.45) is 5.14 Å². The van der Waals surface area contributed by atoms with Crippen molar-refractivity contribution < 1.29 is 18.3 Å². The second-order valence-electron chi connectivity index (χ2n) is 8.01. The third-order valence-corrected chi connectivity index (χ3v) is 7.23. The predicted molar refractivity (Wildman–Crippen MR) is 140 cm³/mol. The van der Waals surface area contributed by atoms with Gasteiger partial charge in [-0.15, -0.1) is 11.3 Å². The number of rotatable bonds is 8. The molecule has 0 unspecified atom stereocenters. The van der Waals surface area contributed by atoms with Crippen LogP contribution in [0.15, 0.2) is 89.4 Å². The minimum Gasteiger partial charge on any atom is -0.476 e. The number of nitrogens with zero attached hydrogens (tertiary/aromatic N) is 4. The number of primary sulfonamides is 1. The first-order valence-corrected chi connectivity index (χ1v) is 13.4. The fraction of sp³-hybridized carbons (Fsp3) is 0.0400. The third kappa shape index (κ3) is 5.26. The zero-order valence-electron chi connectivity index (χ0n) is 19.1. The zero-order chi connectivity index (χ0) is 26.0. The van der Waals surface area contributed by atoms with Crippen molar-refractivity contribution >= 4 is 38.8 Å². The number of hydrogen-bond donors (Lipinski definition) is 3. The van der Waals surface area contributed by atoms with Gasteiger partial charge in [0.25, 0.3) is 0 Å². The predicted octanol–water partition coefficient (Wildman–Crippen LogP) is 4.07. The Hall–Kier alpha value is -4.39. The third-order valence-electron chi connectivity index (χ3n) is 5.48. The van der Waals surface area contributed by atoms with Crippen LogP contribution in [0.3, 0.4) is 0 Å². The lowest BCUT2D eigenvalue weighted by Gasteiger charge is -2.11. The number of thiazole rings is 1. The number of sulfonamides is 1. The van der Waals surface area contributed by atoms with E-state index < -0.39 is 16.0 Å². The Labute approximate surface area is 216 Å². The van der Waals surface area contributed by atoms with Crippen molar-refractivity contribution in [3.8, 4) is 16.4 Å². The van der Waals surface area contributed by atoms with Crippen LogP contribution in [0.2, 0.25) is 0 Å². The minimum absolute atomic E-state index is 0.0212. The van der Waals surface area contributed by atoms with Gasteiger partial charge in [0.2, 0.25) is 15.2 Å². The first kappa shape index (κ1) is 24.3. The molecule has 5 rings (SSSR count). The van der Waals surface area contributed by atoms with E-state index in [0.717, 1.165) is 28.0 Å². The SMILES string of the molecule is NS(=O)(=O)c1ccc(Cc2c(-c3ccccc3)nn(-c3nc(C(=O)O)cs3)c2Nc2cccnc2)cc1. The first-order chi connectivity index (χ1) is 17.8. The summed E-state index contributed by atoms with van der Waals surface area (Å²) in [5.74, 6) is -0.552. The highest BCUT2D eigenvalue weighted by molar-refractivity contribution is 7.89. The normalized spacial score (nSPS) is 11.4. The van der Waals surface area contributed by atoms with E-state index in [4.69, 9.17) is 10.2 Å². The summed E-state index contributed by atoms with van der Waals surface area (Å²) in [7, 11) is -3.82. The Bertz CT molecular complexity index is 1670. The number of carboxylic acid groups (broad SMARTS) is 1. The van der Waals surface area contributed by atoms with Crippen LogP contribution in [0.25, 0.3) is 16.4 Å². The summed E-state index contributed by atoms with van der Waals surface area (Å²) < 4.78 is 25.0. The maximum absolute atomic E-state index is 11.7. The molecule has 37 heavy (non-hydrogen) atoms. The van der Waals surface area contributed by atoms with Crippen LogP contribution < -0.4 is 10.5 Å². The van der Waals surface area contributed by atoms with Gasteiger partial charge >= 0.3 is 5.97 Å². The van der Waals surface area contributed by atoms with Gasteiger partial charge in [-0.3, -0.25) is 4.98 Å². The van der Waals surface area contributed by atoms with Gasteiger partial charge in [-0.25, -0.2) is 23.3 Å². The molecule has 5 aromatic rings. The maximum atomic E-state index is 11.7. The molecule has 0 saturated carbocycles. The van der Waals surface area contributed by atoms with Gasteiger partial charge in [0, 0.05) is 29.1 Å². The number of nitrogens with two attached hydrogens (primary N) is 1. The van der Waals surface area contributed by atoms with E-state index in [2.05, 4.69) is 15.3 Å². The lowest BCUT2D eigenvalue weighted by atomic mass is 10.0. The van der Waals surface area contributed by atoms with Crippen LogP contribution in [0, 0.1) is 0 Å². The molecule has 3 heterocycles. The molecule has 0 atom stereocenters. The van der Waals surface area contributed by atoms with Crippen LogP contribution in [0.4, 0.5) is 11.5 Å².